The van der Waals surface area contributed by atoms with Gasteiger partial charge in [0.15, 0.2) is 0 Å². The van der Waals surface area contributed by atoms with Gasteiger partial charge in [-0.15, -0.1) is 0 Å². The van der Waals surface area contributed by atoms with E-state index in [1.807, 2.05) is 30.3 Å². The molecule has 6 aromatic carbocycles. The number of aromatic nitrogens is 1. The van der Waals surface area contributed by atoms with Crippen molar-refractivity contribution in [3.63, 3.8) is 0 Å². The average molecular weight is 497 g/mol. The van der Waals surface area contributed by atoms with Gasteiger partial charge in [-0.25, -0.2) is 0 Å². The molecule has 1 heteroatoms. The predicted octanol–water partition coefficient (Wildman–Crippen LogP) is 9.52. The molecule has 0 unspecified atom stereocenters. The van der Waals surface area contributed by atoms with Crippen LogP contribution in [0.2, 0.25) is 0 Å². The summed E-state index contributed by atoms with van der Waals surface area (Å²) < 4.78 is 2.41. The standard InChI is InChI=1S/C38H25N/c1-3-11-28(12-4-1)19-20-29-21-23-31(24-22-29)37-26-33-16-8-10-18-36(33)39(37)38-27-34(30-13-5-2-6-14-30)25-32-15-7-9-17-35(32)38/h1-18,21-27H/i37+1. The van der Waals surface area contributed by atoms with Crippen LogP contribution in [0.5, 0.6) is 0 Å². The van der Waals surface area contributed by atoms with Gasteiger partial charge in [0.05, 0.1) is 16.9 Å². The Morgan fingerprint density at radius 2 is 1.03 bits per heavy atom. The summed E-state index contributed by atoms with van der Waals surface area (Å²) in [5.74, 6) is 6.57. The normalized spacial score (nSPS) is 10.9. The van der Waals surface area contributed by atoms with E-state index in [0.29, 0.717) is 0 Å². The smallest absolute Gasteiger partial charge is 0.0546 e. The molecule has 0 aliphatic rings. The number of benzene rings is 6. The SMILES string of the molecule is C(#Cc1ccc(-[13c]2cc3ccccc3n2-c2cc(-c3ccccc3)cc3ccccc23)cc1)c1ccccc1. The van der Waals surface area contributed by atoms with Crippen LogP contribution in [0, 0.1) is 11.8 Å². The lowest BCUT2D eigenvalue weighted by Gasteiger charge is -2.16. The summed E-state index contributed by atoms with van der Waals surface area (Å²) in [6, 6.07) is 53.6. The second-order valence-electron chi connectivity index (χ2n) is 9.70. The van der Waals surface area contributed by atoms with Gasteiger partial charge in [-0.2, -0.15) is 0 Å². The highest BCUT2D eigenvalue weighted by Gasteiger charge is 2.16. The Labute approximate surface area is 228 Å². The summed E-state index contributed by atoms with van der Waals surface area (Å²) in [6.07, 6.45) is 0. The summed E-state index contributed by atoms with van der Waals surface area (Å²) >= 11 is 0. The van der Waals surface area contributed by atoms with E-state index in [9.17, 15) is 0 Å². The lowest BCUT2D eigenvalue weighted by Crippen LogP contribution is -1.99. The zero-order valence-corrected chi connectivity index (χ0v) is 21.4. The molecule has 0 amide bonds. The molecule has 0 radical (unpaired) electrons. The molecule has 0 fully saturated rings. The summed E-state index contributed by atoms with van der Waals surface area (Å²) in [5.41, 5.74) is 9.13. The fourth-order valence-corrected chi connectivity index (χ4v) is 5.29. The van der Waals surface area contributed by atoms with Crippen molar-refractivity contribution in [1.82, 2.24) is 4.57 Å². The topological polar surface area (TPSA) is 4.93 Å². The van der Waals surface area contributed by atoms with Gasteiger partial charge in [0.25, 0.3) is 0 Å². The van der Waals surface area contributed by atoms with E-state index in [1.54, 1.807) is 0 Å². The molecule has 1 heterocycles. The number of hydrogen-bond donors (Lipinski definition) is 0. The fourth-order valence-electron chi connectivity index (χ4n) is 5.29. The third-order valence-electron chi connectivity index (χ3n) is 7.20. The van der Waals surface area contributed by atoms with Crippen LogP contribution in [0.1, 0.15) is 11.1 Å². The van der Waals surface area contributed by atoms with E-state index in [2.05, 4.69) is 138 Å². The van der Waals surface area contributed by atoms with Crippen molar-refractivity contribution in [2.45, 2.75) is 0 Å². The highest BCUT2D eigenvalue weighted by Crippen LogP contribution is 2.37. The number of nitrogens with zero attached hydrogens (tertiary/aromatic N) is 1. The largest absolute Gasteiger partial charge is 0.309 e. The van der Waals surface area contributed by atoms with Crippen LogP contribution in [0.3, 0.4) is 0 Å². The Morgan fingerprint density at radius 3 is 1.79 bits per heavy atom. The van der Waals surface area contributed by atoms with Gasteiger partial charge in [-0.05, 0) is 70.6 Å². The van der Waals surface area contributed by atoms with Crippen molar-refractivity contribution < 1.29 is 0 Å². The molecule has 182 valence electrons. The van der Waals surface area contributed by atoms with Crippen LogP contribution < -0.4 is 0 Å². The maximum atomic E-state index is 3.31. The molecule has 0 aliphatic carbocycles. The van der Waals surface area contributed by atoms with Crippen molar-refractivity contribution in [2.75, 3.05) is 0 Å². The lowest BCUT2D eigenvalue weighted by atomic mass is 9.99. The van der Waals surface area contributed by atoms with Crippen molar-refractivity contribution >= 4 is 21.7 Å². The van der Waals surface area contributed by atoms with Crippen LogP contribution >= 0.6 is 0 Å². The third-order valence-corrected chi connectivity index (χ3v) is 7.20. The first-order valence-corrected chi connectivity index (χ1v) is 13.2. The minimum absolute atomic E-state index is 1.00. The van der Waals surface area contributed by atoms with Gasteiger partial charge in [0.2, 0.25) is 0 Å². The second kappa shape index (κ2) is 9.86. The van der Waals surface area contributed by atoms with Gasteiger partial charge in [-0.1, -0.05) is 115 Å². The minimum Gasteiger partial charge on any atom is -0.309 e. The molecule has 0 saturated carbocycles. The maximum absolute atomic E-state index is 3.31. The minimum atomic E-state index is 1.00. The highest BCUT2D eigenvalue weighted by molar-refractivity contribution is 5.98. The molecule has 0 bridgehead atoms. The molecule has 0 N–H and O–H groups in total. The average Bonchev–Trinajstić information content (AvgIpc) is 3.40. The fraction of sp³-hybridized carbons (Fsp3) is 0. The van der Waals surface area contributed by atoms with Crippen molar-refractivity contribution in [1.29, 1.82) is 0 Å². The van der Waals surface area contributed by atoms with E-state index in [4.69, 9.17) is 0 Å². The predicted molar refractivity (Wildman–Crippen MR) is 164 cm³/mol. The van der Waals surface area contributed by atoms with Gasteiger partial charge in [0, 0.05) is 21.9 Å². The van der Waals surface area contributed by atoms with Crippen molar-refractivity contribution in [3.8, 4) is 39.9 Å². The summed E-state index contributed by atoms with van der Waals surface area (Å²) in [7, 11) is 0. The monoisotopic (exact) mass is 496 g/mol. The van der Waals surface area contributed by atoms with Gasteiger partial charge >= 0.3 is 0 Å². The van der Waals surface area contributed by atoms with Crippen LogP contribution in [-0.2, 0) is 0 Å². The molecule has 7 aromatic rings. The number of hydrogen-bond acceptors (Lipinski definition) is 0. The Morgan fingerprint density at radius 1 is 0.410 bits per heavy atom. The first kappa shape index (κ1) is 22.8. The molecule has 39 heavy (non-hydrogen) atoms. The molecule has 0 aliphatic heterocycles. The first-order chi connectivity index (χ1) is 19.3. The van der Waals surface area contributed by atoms with Crippen molar-refractivity contribution in [3.05, 3.63) is 163 Å². The van der Waals surface area contributed by atoms with Crippen LogP contribution in [0.25, 0.3) is 49.7 Å². The van der Waals surface area contributed by atoms with Crippen LogP contribution in [-0.4, -0.2) is 4.57 Å². The summed E-state index contributed by atoms with van der Waals surface area (Å²) in [4.78, 5) is 0. The molecular formula is C38H25N. The van der Waals surface area contributed by atoms with E-state index in [1.165, 1.54) is 38.5 Å². The highest BCUT2D eigenvalue weighted by atomic mass is 15.1. The zero-order chi connectivity index (χ0) is 26.0. The maximum Gasteiger partial charge on any atom is 0.0546 e. The Hall–Kier alpha value is -5.32. The van der Waals surface area contributed by atoms with Crippen LogP contribution in [0.15, 0.2) is 152 Å². The number of fused-ring (bicyclic) bond motifs is 2. The Kier molecular flexibility index (Phi) is 5.77. The third kappa shape index (κ3) is 4.39. The van der Waals surface area contributed by atoms with E-state index < -0.39 is 0 Å². The molecule has 0 atom stereocenters. The quantitative estimate of drug-likeness (QED) is 0.215. The van der Waals surface area contributed by atoms with E-state index in [-0.39, 0.29) is 0 Å². The number of rotatable bonds is 3. The first-order valence-electron chi connectivity index (χ1n) is 13.2. The molecule has 0 saturated heterocycles. The Balaban J connectivity index is 1.41. The van der Waals surface area contributed by atoms with Gasteiger partial charge in [-0.3, -0.25) is 0 Å². The second-order valence-corrected chi connectivity index (χ2v) is 9.70. The summed E-state index contributed by atoms with van der Waals surface area (Å²) in [5, 5.41) is 3.67. The molecular weight excluding hydrogens is 471 g/mol. The zero-order valence-electron chi connectivity index (χ0n) is 21.4. The number of para-hydroxylation sites is 1. The summed E-state index contributed by atoms with van der Waals surface area (Å²) in [6.45, 7) is 0. The lowest BCUT2D eigenvalue weighted by molar-refractivity contribution is 1.15. The molecule has 1 nitrogen and oxygen atoms in total. The Bertz CT molecular complexity index is 1980. The molecule has 7 rings (SSSR count). The van der Waals surface area contributed by atoms with Crippen LogP contribution in [0.4, 0.5) is 0 Å². The molecule has 1 aromatic heterocycles. The van der Waals surface area contributed by atoms with E-state index in [0.717, 1.165) is 22.4 Å². The molecule has 0 spiro atoms. The van der Waals surface area contributed by atoms with Gasteiger partial charge in [0.1, 0.15) is 0 Å². The van der Waals surface area contributed by atoms with Gasteiger partial charge < -0.3 is 4.57 Å². The van der Waals surface area contributed by atoms with Crippen molar-refractivity contribution in [2.24, 2.45) is 0 Å². The van der Waals surface area contributed by atoms with E-state index >= 15 is 0 Å².